The van der Waals surface area contributed by atoms with E-state index in [0.29, 0.717) is 23.4 Å². The Bertz CT molecular complexity index is 185. The molecule has 0 aromatic heterocycles. The van der Waals surface area contributed by atoms with Gasteiger partial charge in [-0.25, -0.2) is 0 Å². The predicted molar refractivity (Wildman–Crippen MR) is 45.2 cm³/mol. The van der Waals surface area contributed by atoms with Crippen molar-refractivity contribution < 1.29 is 5.11 Å². The van der Waals surface area contributed by atoms with Crippen molar-refractivity contribution in [3.05, 3.63) is 0 Å². The summed E-state index contributed by atoms with van der Waals surface area (Å²) in [5.41, 5.74) is 0.951. The first-order chi connectivity index (χ1) is 5.04. The Labute approximate surface area is 68.8 Å². The molecule has 0 radical (unpaired) electrons. The molecule has 0 amide bonds. The summed E-state index contributed by atoms with van der Waals surface area (Å²) >= 11 is 0. The van der Waals surface area contributed by atoms with E-state index in [4.69, 9.17) is 5.11 Å². The standard InChI is InChI=1S/C10H18O/c1-9(2)7-4-5-10(9,3)8(7)6-11/h7-8,11H,4-6H2,1-3H3/t7-,8-,10-/m0/s1. The highest BCUT2D eigenvalue weighted by atomic mass is 16.3. The van der Waals surface area contributed by atoms with Crippen molar-refractivity contribution in [1.82, 2.24) is 0 Å². The monoisotopic (exact) mass is 154 g/mol. The molecule has 1 N–H and O–H groups in total. The zero-order valence-electron chi connectivity index (χ0n) is 7.72. The number of hydrogen-bond donors (Lipinski definition) is 1. The van der Waals surface area contributed by atoms with Crippen LogP contribution in [0.4, 0.5) is 0 Å². The highest BCUT2D eigenvalue weighted by molar-refractivity contribution is 5.16. The van der Waals surface area contributed by atoms with Gasteiger partial charge in [0.1, 0.15) is 0 Å². The minimum Gasteiger partial charge on any atom is -0.396 e. The number of aliphatic hydroxyl groups is 1. The van der Waals surface area contributed by atoms with Crippen molar-refractivity contribution >= 4 is 0 Å². The second-order valence-corrected chi connectivity index (χ2v) is 5.07. The number of rotatable bonds is 1. The number of aliphatic hydroxyl groups excluding tert-OH is 1. The second kappa shape index (κ2) is 1.82. The molecule has 3 atom stereocenters. The van der Waals surface area contributed by atoms with E-state index in [2.05, 4.69) is 20.8 Å². The molecule has 3 saturated carbocycles. The molecular weight excluding hydrogens is 136 g/mol. The molecule has 3 rings (SSSR count). The van der Waals surface area contributed by atoms with Crippen LogP contribution < -0.4 is 0 Å². The molecule has 0 unspecified atom stereocenters. The van der Waals surface area contributed by atoms with Crippen LogP contribution in [0.2, 0.25) is 0 Å². The SMILES string of the molecule is CC1(C)[C@H]2CC[C@@]1(C)[C@H]2CO. The third-order valence-corrected chi connectivity index (χ3v) is 4.87. The van der Waals surface area contributed by atoms with Crippen molar-refractivity contribution in [3.63, 3.8) is 0 Å². The average Bonchev–Trinajstić information content (AvgIpc) is 2.38. The molecule has 0 spiro atoms. The van der Waals surface area contributed by atoms with Crippen LogP contribution in [0.15, 0.2) is 0 Å². The summed E-state index contributed by atoms with van der Waals surface area (Å²) in [6.45, 7) is 7.47. The van der Waals surface area contributed by atoms with E-state index in [0.717, 1.165) is 5.92 Å². The molecular formula is C10H18O. The van der Waals surface area contributed by atoms with Crippen LogP contribution in [0.5, 0.6) is 0 Å². The van der Waals surface area contributed by atoms with Gasteiger partial charge in [0.2, 0.25) is 0 Å². The van der Waals surface area contributed by atoms with Crippen LogP contribution in [0, 0.1) is 22.7 Å². The second-order valence-electron chi connectivity index (χ2n) is 5.07. The van der Waals surface area contributed by atoms with E-state index >= 15 is 0 Å². The van der Waals surface area contributed by atoms with Gasteiger partial charge in [0.15, 0.2) is 0 Å². The van der Waals surface area contributed by atoms with Gasteiger partial charge in [-0.15, -0.1) is 0 Å². The zero-order valence-corrected chi connectivity index (χ0v) is 7.72. The topological polar surface area (TPSA) is 20.2 Å². The van der Waals surface area contributed by atoms with E-state index in [1.807, 2.05) is 0 Å². The van der Waals surface area contributed by atoms with Gasteiger partial charge >= 0.3 is 0 Å². The summed E-state index contributed by atoms with van der Waals surface area (Å²) in [7, 11) is 0. The van der Waals surface area contributed by atoms with Crippen molar-refractivity contribution in [2.75, 3.05) is 6.61 Å². The van der Waals surface area contributed by atoms with Crippen LogP contribution in [0.3, 0.4) is 0 Å². The van der Waals surface area contributed by atoms with E-state index in [-0.39, 0.29) is 0 Å². The van der Waals surface area contributed by atoms with E-state index in [1.165, 1.54) is 12.8 Å². The van der Waals surface area contributed by atoms with Gasteiger partial charge in [0.05, 0.1) is 0 Å². The maximum Gasteiger partial charge on any atom is 0.0467 e. The number of fused-ring (bicyclic) bond motifs is 1. The largest absolute Gasteiger partial charge is 0.396 e. The normalized spacial score (nSPS) is 52.4. The highest BCUT2D eigenvalue weighted by Gasteiger charge is 2.67. The molecule has 3 fully saturated rings. The summed E-state index contributed by atoms with van der Waals surface area (Å²) in [6.07, 6.45) is 2.67. The van der Waals surface area contributed by atoms with Crippen LogP contribution in [-0.4, -0.2) is 11.7 Å². The first kappa shape index (κ1) is 7.60. The quantitative estimate of drug-likeness (QED) is 0.613. The Hall–Kier alpha value is -0.0400. The molecule has 2 bridgehead atoms. The highest BCUT2D eigenvalue weighted by Crippen LogP contribution is 2.73. The van der Waals surface area contributed by atoms with Gasteiger partial charge in [-0.05, 0) is 35.5 Å². The van der Waals surface area contributed by atoms with Crippen LogP contribution in [-0.2, 0) is 0 Å². The van der Waals surface area contributed by atoms with Crippen molar-refractivity contribution in [3.8, 4) is 0 Å². The third-order valence-electron chi connectivity index (χ3n) is 4.87. The van der Waals surface area contributed by atoms with Crippen LogP contribution >= 0.6 is 0 Å². The summed E-state index contributed by atoms with van der Waals surface area (Å²) in [5, 5.41) is 9.16. The fourth-order valence-electron chi connectivity index (χ4n) is 3.61. The maximum absolute atomic E-state index is 9.16. The van der Waals surface area contributed by atoms with Gasteiger partial charge in [0, 0.05) is 6.61 Å². The Morgan fingerprint density at radius 3 is 2.18 bits per heavy atom. The Morgan fingerprint density at radius 1 is 1.36 bits per heavy atom. The van der Waals surface area contributed by atoms with E-state index < -0.39 is 0 Å². The smallest absolute Gasteiger partial charge is 0.0467 e. The van der Waals surface area contributed by atoms with Gasteiger partial charge < -0.3 is 5.11 Å². The molecule has 0 saturated heterocycles. The zero-order chi connectivity index (χ0) is 8.28. The molecule has 3 aliphatic carbocycles. The maximum atomic E-state index is 9.16. The first-order valence-corrected chi connectivity index (χ1v) is 4.65. The summed E-state index contributed by atoms with van der Waals surface area (Å²) in [6, 6.07) is 0. The minimum absolute atomic E-state index is 0.407. The van der Waals surface area contributed by atoms with Crippen LogP contribution in [0.1, 0.15) is 33.6 Å². The van der Waals surface area contributed by atoms with Crippen molar-refractivity contribution in [2.24, 2.45) is 22.7 Å². The minimum atomic E-state index is 0.407. The van der Waals surface area contributed by atoms with E-state index in [1.54, 1.807) is 0 Å². The molecule has 1 nitrogen and oxygen atoms in total. The summed E-state index contributed by atoms with van der Waals surface area (Å²) in [4.78, 5) is 0. The lowest BCUT2D eigenvalue weighted by molar-refractivity contribution is -0.137. The first-order valence-electron chi connectivity index (χ1n) is 4.65. The molecule has 64 valence electrons. The fraction of sp³-hybridized carbons (Fsp3) is 1.00. The third kappa shape index (κ3) is 0.581. The Morgan fingerprint density at radius 2 is 2.00 bits per heavy atom. The van der Waals surface area contributed by atoms with Gasteiger partial charge in [-0.1, -0.05) is 20.8 Å². The Balaban J connectivity index is 2.28. The summed E-state index contributed by atoms with van der Waals surface area (Å²) in [5.74, 6) is 1.41. The molecule has 3 aliphatic rings. The molecule has 0 aromatic carbocycles. The van der Waals surface area contributed by atoms with Gasteiger partial charge in [-0.3, -0.25) is 0 Å². The van der Waals surface area contributed by atoms with Crippen LogP contribution in [0.25, 0.3) is 0 Å². The predicted octanol–water partition coefficient (Wildman–Crippen LogP) is 2.05. The van der Waals surface area contributed by atoms with E-state index in [9.17, 15) is 0 Å². The van der Waals surface area contributed by atoms with Crippen molar-refractivity contribution in [2.45, 2.75) is 33.6 Å². The lowest BCUT2D eigenvalue weighted by atomic mass is 9.45. The van der Waals surface area contributed by atoms with Gasteiger partial charge in [-0.2, -0.15) is 0 Å². The molecule has 0 aliphatic heterocycles. The fourth-order valence-corrected chi connectivity index (χ4v) is 3.61. The molecule has 11 heavy (non-hydrogen) atoms. The number of hydrogen-bond acceptors (Lipinski definition) is 1. The Kier molecular flexibility index (Phi) is 1.26. The molecule has 1 heteroatoms. The lowest BCUT2D eigenvalue weighted by Gasteiger charge is -2.59. The average molecular weight is 154 g/mol. The molecule has 0 aromatic rings. The van der Waals surface area contributed by atoms with Gasteiger partial charge in [0.25, 0.3) is 0 Å². The van der Waals surface area contributed by atoms with Crippen molar-refractivity contribution in [1.29, 1.82) is 0 Å². The molecule has 0 heterocycles. The lowest BCUT2D eigenvalue weighted by Crippen LogP contribution is -2.56. The summed E-state index contributed by atoms with van der Waals surface area (Å²) < 4.78 is 0.